The van der Waals surface area contributed by atoms with Crippen LogP contribution in [0, 0.1) is 0 Å². The second-order valence-corrected chi connectivity index (χ2v) is 8.61. The van der Waals surface area contributed by atoms with Gasteiger partial charge in [0.1, 0.15) is 0 Å². The molecule has 3 aromatic carbocycles. The summed E-state index contributed by atoms with van der Waals surface area (Å²) < 4.78 is 2.09. The summed E-state index contributed by atoms with van der Waals surface area (Å²) in [5, 5.41) is 1.10. The number of aryl methyl sites for hydroxylation is 3. The van der Waals surface area contributed by atoms with E-state index >= 15 is 0 Å². The van der Waals surface area contributed by atoms with Gasteiger partial charge < -0.3 is 4.57 Å². The fourth-order valence-corrected chi connectivity index (χ4v) is 3.87. The maximum Gasteiger partial charge on any atom is 0.156 e. The molecule has 163 valence electrons. The largest absolute Gasteiger partial charge is 0.337 e. The van der Waals surface area contributed by atoms with Crippen molar-refractivity contribution in [1.29, 1.82) is 0 Å². The van der Waals surface area contributed by atoms with Crippen LogP contribution in [-0.4, -0.2) is 22.2 Å². The summed E-state index contributed by atoms with van der Waals surface area (Å²) in [6, 6.07) is 30.0. The summed E-state index contributed by atoms with van der Waals surface area (Å²) in [5.74, 6) is 0. The van der Waals surface area contributed by atoms with Gasteiger partial charge in [-0.2, -0.15) is 0 Å². The lowest BCUT2D eigenvalue weighted by Gasteiger charge is -2.05. The molecule has 1 heterocycles. The Morgan fingerprint density at radius 1 is 0.750 bits per heavy atom. The maximum absolute atomic E-state index is 4.00. The van der Waals surface area contributed by atoms with E-state index in [1.54, 1.807) is 0 Å². The van der Waals surface area contributed by atoms with E-state index in [1.165, 1.54) is 41.4 Å². The van der Waals surface area contributed by atoms with E-state index in [0.717, 1.165) is 24.6 Å². The predicted octanol–water partition coefficient (Wildman–Crippen LogP) is 6.06. The van der Waals surface area contributed by atoms with Gasteiger partial charge >= 0.3 is 0 Å². The van der Waals surface area contributed by atoms with Gasteiger partial charge in [-0.25, -0.2) is 4.98 Å². The van der Waals surface area contributed by atoms with Crippen LogP contribution in [0.1, 0.15) is 29.5 Å². The van der Waals surface area contributed by atoms with Crippen LogP contribution < -0.4 is 5.46 Å². The summed E-state index contributed by atoms with van der Waals surface area (Å²) in [6.45, 7) is 1.00. The van der Waals surface area contributed by atoms with Gasteiger partial charge in [-0.1, -0.05) is 112 Å². The monoisotopic (exact) mass is 485 g/mol. The molecular formula is C28H31BBrN2. The Morgan fingerprint density at radius 3 is 2.16 bits per heavy atom. The van der Waals surface area contributed by atoms with Crippen molar-refractivity contribution >= 4 is 28.7 Å². The third-order valence-electron chi connectivity index (χ3n) is 5.28. The first-order valence-corrected chi connectivity index (χ1v) is 12.5. The smallest absolute Gasteiger partial charge is 0.156 e. The summed E-state index contributed by atoms with van der Waals surface area (Å²) >= 11 is 3.48. The lowest BCUT2D eigenvalue weighted by atomic mass is 9.65. The number of halogens is 1. The molecule has 0 unspecified atom stereocenters. The normalized spacial score (nSPS) is 10.3. The fourth-order valence-electron chi connectivity index (χ4n) is 3.47. The average Bonchev–Trinajstić information content (AvgIpc) is 3.38. The van der Waals surface area contributed by atoms with E-state index < -0.39 is 0 Å². The quantitative estimate of drug-likeness (QED) is 0.151. The van der Waals surface area contributed by atoms with E-state index in [9.17, 15) is 0 Å². The average molecular weight is 486 g/mol. The van der Waals surface area contributed by atoms with Crippen LogP contribution in [-0.2, 0) is 25.7 Å². The highest BCUT2D eigenvalue weighted by Crippen LogP contribution is 2.05. The standard InChI is InChI=1S/C17H19BBr.C11H12N2/c19-12-5-4-7-15-10-6-11-17(13-15)18-14-16-8-2-1-3-9-16;1-2-4-11(5-3-1)6-8-13-9-7-12-10-13/h1-3,6,8-11,13H,4-5,7,12,14H2;1-5,7,9-10H,6,8H2. The first-order valence-electron chi connectivity index (χ1n) is 11.3. The molecule has 1 radical (unpaired) electrons. The van der Waals surface area contributed by atoms with Gasteiger partial charge in [0.05, 0.1) is 6.33 Å². The molecule has 32 heavy (non-hydrogen) atoms. The number of alkyl halides is 1. The summed E-state index contributed by atoms with van der Waals surface area (Å²) in [5.41, 5.74) is 5.52. The van der Waals surface area contributed by atoms with Gasteiger partial charge in [0.25, 0.3) is 0 Å². The van der Waals surface area contributed by atoms with E-state index in [4.69, 9.17) is 0 Å². The number of unbranched alkanes of at least 4 members (excludes halogenated alkanes) is 1. The van der Waals surface area contributed by atoms with Gasteiger partial charge in [0.2, 0.25) is 0 Å². The molecule has 0 aliphatic rings. The van der Waals surface area contributed by atoms with Gasteiger partial charge in [0, 0.05) is 24.3 Å². The minimum Gasteiger partial charge on any atom is -0.337 e. The maximum atomic E-state index is 4.00. The molecule has 1 aromatic heterocycles. The molecule has 2 nitrogen and oxygen atoms in total. The molecule has 4 aromatic rings. The third kappa shape index (κ3) is 9.27. The van der Waals surface area contributed by atoms with E-state index in [0.29, 0.717) is 0 Å². The summed E-state index contributed by atoms with van der Waals surface area (Å²) in [4.78, 5) is 4.00. The fraction of sp³-hybridized carbons (Fsp3) is 0.250. The number of imidazole rings is 1. The number of aromatic nitrogens is 2. The Hall–Kier alpha value is -2.59. The van der Waals surface area contributed by atoms with Crippen molar-refractivity contribution in [2.45, 2.75) is 38.5 Å². The molecule has 4 heteroatoms. The SMILES string of the molecule is BrCCCCc1cccc([B]Cc2ccccc2)c1.c1ccc(CCn2ccnc2)cc1. The van der Waals surface area contributed by atoms with E-state index in [-0.39, 0.29) is 0 Å². The van der Waals surface area contributed by atoms with E-state index in [1.807, 2.05) is 24.8 Å². The molecule has 0 bridgehead atoms. The van der Waals surface area contributed by atoms with Crippen molar-refractivity contribution in [3.05, 3.63) is 120 Å². The summed E-state index contributed by atoms with van der Waals surface area (Å²) in [6.07, 6.45) is 11.4. The van der Waals surface area contributed by atoms with Crippen LogP contribution in [0.5, 0.6) is 0 Å². The molecular weight excluding hydrogens is 455 g/mol. The van der Waals surface area contributed by atoms with Crippen LogP contribution in [0.25, 0.3) is 0 Å². The number of rotatable bonds is 10. The number of hydrogen-bond acceptors (Lipinski definition) is 1. The zero-order valence-corrected chi connectivity index (χ0v) is 20.2. The van der Waals surface area contributed by atoms with Gasteiger partial charge in [-0.05, 0) is 43.1 Å². The Labute approximate surface area is 202 Å². The van der Waals surface area contributed by atoms with Crippen molar-refractivity contribution in [3.63, 3.8) is 0 Å². The minimum atomic E-state index is 1.00. The molecule has 0 N–H and O–H groups in total. The molecule has 0 amide bonds. The Balaban J connectivity index is 0.000000193. The van der Waals surface area contributed by atoms with Crippen LogP contribution in [0.4, 0.5) is 0 Å². The number of benzene rings is 3. The first-order chi connectivity index (χ1) is 15.8. The highest BCUT2D eigenvalue weighted by molar-refractivity contribution is 9.09. The Morgan fingerprint density at radius 2 is 1.47 bits per heavy atom. The highest BCUT2D eigenvalue weighted by Gasteiger charge is 2.00. The topological polar surface area (TPSA) is 17.8 Å². The molecule has 0 saturated carbocycles. The minimum absolute atomic E-state index is 1.00. The van der Waals surface area contributed by atoms with Gasteiger partial charge in [-0.3, -0.25) is 0 Å². The molecule has 0 fully saturated rings. The molecule has 4 rings (SSSR count). The van der Waals surface area contributed by atoms with Gasteiger partial charge in [-0.15, -0.1) is 0 Å². The predicted molar refractivity (Wildman–Crippen MR) is 141 cm³/mol. The Kier molecular flexibility index (Phi) is 10.9. The van der Waals surface area contributed by atoms with E-state index in [2.05, 4.69) is 112 Å². The van der Waals surface area contributed by atoms with Crippen LogP contribution >= 0.6 is 15.9 Å². The van der Waals surface area contributed by atoms with Crippen LogP contribution in [0.15, 0.2) is 104 Å². The zero-order chi connectivity index (χ0) is 22.3. The zero-order valence-electron chi connectivity index (χ0n) is 18.6. The lowest BCUT2D eigenvalue weighted by molar-refractivity contribution is 0.696. The lowest BCUT2D eigenvalue weighted by Crippen LogP contribution is -2.17. The van der Waals surface area contributed by atoms with Crippen molar-refractivity contribution in [2.24, 2.45) is 0 Å². The number of nitrogens with zero attached hydrogens (tertiary/aromatic N) is 2. The highest BCUT2D eigenvalue weighted by atomic mass is 79.9. The second-order valence-electron chi connectivity index (χ2n) is 7.82. The molecule has 0 atom stereocenters. The van der Waals surface area contributed by atoms with Crippen molar-refractivity contribution in [3.8, 4) is 0 Å². The molecule has 0 aliphatic carbocycles. The molecule has 0 aliphatic heterocycles. The van der Waals surface area contributed by atoms with Gasteiger partial charge in [0.15, 0.2) is 7.28 Å². The second kappa shape index (κ2) is 14.5. The third-order valence-corrected chi connectivity index (χ3v) is 5.84. The first kappa shape index (κ1) is 24.1. The van der Waals surface area contributed by atoms with Crippen LogP contribution in [0.2, 0.25) is 0 Å². The van der Waals surface area contributed by atoms with Crippen molar-refractivity contribution in [1.82, 2.24) is 9.55 Å². The molecule has 0 saturated heterocycles. The molecule has 0 spiro atoms. The Bertz CT molecular complexity index is 988. The summed E-state index contributed by atoms with van der Waals surface area (Å²) in [7, 11) is 2.31. The van der Waals surface area contributed by atoms with Crippen LogP contribution in [0.3, 0.4) is 0 Å². The van der Waals surface area contributed by atoms with Crippen molar-refractivity contribution in [2.75, 3.05) is 5.33 Å². The number of hydrogen-bond donors (Lipinski definition) is 0. The van der Waals surface area contributed by atoms with Crippen molar-refractivity contribution < 1.29 is 0 Å².